The van der Waals surface area contributed by atoms with Gasteiger partial charge in [-0.15, -0.1) is 0 Å². The summed E-state index contributed by atoms with van der Waals surface area (Å²) in [7, 11) is 0. The van der Waals surface area contributed by atoms with Crippen molar-refractivity contribution in [2.45, 2.75) is 25.8 Å². The molecule has 4 rings (SSSR count). The lowest BCUT2D eigenvalue weighted by Crippen LogP contribution is -2.03. The number of aryl methyl sites for hydroxylation is 1. The van der Waals surface area contributed by atoms with Gasteiger partial charge in [0.25, 0.3) is 0 Å². The Morgan fingerprint density at radius 3 is 2.61 bits per heavy atom. The molecular formula is C27H26N4. The van der Waals surface area contributed by atoms with Gasteiger partial charge in [0.2, 0.25) is 0 Å². The SMILES string of the molecule is Cc1cc(CN=C/C(=C\N)c2ccccc2)cc(C2=CCC(c3ncccn3)C=C2)c1. The second-order valence-electron chi connectivity index (χ2n) is 7.63. The second kappa shape index (κ2) is 9.81. The first-order valence-corrected chi connectivity index (χ1v) is 10.5. The number of aromatic nitrogens is 2. The van der Waals surface area contributed by atoms with Crippen molar-refractivity contribution in [2.75, 3.05) is 0 Å². The Bertz CT molecular complexity index is 1140. The van der Waals surface area contributed by atoms with Crippen LogP contribution in [0.5, 0.6) is 0 Å². The quantitative estimate of drug-likeness (QED) is 0.551. The summed E-state index contributed by atoms with van der Waals surface area (Å²) in [5.74, 6) is 1.11. The highest BCUT2D eigenvalue weighted by atomic mass is 14.9. The van der Waals surface area contributed by atoms with E-state index in [9.17, 15) is 0 Å². The third kappa shape index (κ3) is 5.23. The molecule has 4 heteroatoms. The molecule has 31 heavy (non-hydrogen) atoms. The molecule has 1 heterocycles. The summed E-state index contributed by atoms with van der Waals surface area (Å²) in [6, 6.07) is 18.5. The van der Waals surface area contributed by atoms with Gasteiger partial charge in [0.1, 0.15) is 5.82 Å². The number of allylic oxidation sites excluding steroid dienone is 5. The Morgan fingerprint density at radius 1 is 1.10 bits per heavy atom. The number of aliphatic imine (C=N–C) groups is 1. The fraction of sp³-hybridized carbons (Fsp3) is 0.148. The van der Waals surface area contributed by atoms with Crippen molar-refractivity contribution < 1.29 is 0 Å². The summed E-state index contributed by atoms with van der Waals surface area (Å²) in [4.78, 5) is 13.4. The van der Waals surface area contributed by atoms with Gasteiger partial charge in [-0.25, -0.2) is 9.97 Å². The Labute approximate surface area is 183 Å². The van der Waals surface area contributed by atoms with Crippen molar-refractivity contribution in [3.8, 4) is 0 Å². The topological polar surface area (TPSA) is 64.2 Å². The third-order valence-corrected chi connectivity index (χ3v) is 5.28. The largest absolute Gasteiger partial charge is 0.404 e. The molecule has 4 nitrogen and oxygen atoms in total. The van der Waals surface area contributed by atoms with Gasteiger partial charge < -0.3 is 5.73 Å². The van der Waals surface area contributed by atoms with Crippen LogP contribution in [-0.4, -0.2) is 16.2 Å². The molecule has 0 spiro atoms. The van der Waals surface area contributed by atoms with E-state index in [4.69, 9.17) is 5.73 Å². The average molecular weight is 407 g/mol. The van der Waals surface area contributed by atoms with Gasteiger partial charge in [-0.1, -0.05) is 66.3 Å². The number of hydrogen-bond donors (Lipinski definition) is 1. The molecule has 1 aliphatic rings. The number of nitrogens with zero attached hydrogens (tertiary/aromatic N) is 3. The highest BCUT2D eigenvalue weighted by molar-refractivity contribution is 6.09. The van der Waals surface area contributed by atoms with Crippen LogP contribution in [0.25, 0.3) is 11.1 Å². The van der Waals surface area contributed by atoms with Gasteiger partial charge in [-0.3, -0.25) is 4.99 Å². The minimum absolute atomic E-state index is 0.235. The predicted molar refractivity (Wildman–Crippen MR) is 128 cm³/mol. The van der Waals surface area contributed by atoms with E-state index < -0.39 is 0 Å². The molecule has 2 N–H and O–H groups in total. The lowest BCUT2D eigenvalue weighted by Gasteiger charge is -2.16. The highest BCUT2D eigenvalue weighted by Gasteiger charge is 2.14. The van der Waals surface area contributed by atoms with E-state index in [-0.39, 0.29) is 5.92 Å². The number of nitrogens with two attached hydrogens (primary N) is 1. The summed E-state index contributed by atoms with van der Waals surface area (Å²) in [5.41, 5.74) is 12.6. The van der Waals surface area contributed by atoms with E-state index in [1.54, 1.807) is 18.6 Å². The van der Waals surface area contributed by atoms with Gasteiger partial charge in [-0.05, 0) is 47.7 Å². The fourth-order valence-corrected chi connectivity index (χ4v) is 3.74. The molecule has 0 amide bonds. The summed E-state index contributed by atoms with van der Waals surface area (Å²) < 4.78 is 0. The lowest BCUT2D eigenvalue weighted by atomic mass is 9.91. The first kappa shape index (κ1) is 20.5. The van der Waals surface area contributed by atoms with Crippen molar-refractivity contribution in [2.24, 2.45) is 10.7 Å². The van der Waals surface area contributed by atoms with Crippen LogP contribution >= 0.6 is 0 Å². The van der Waals surface area contributed by atoms with Crippen LogP contribution in [0, 0.1) is 6.92 Å². The maximum Gasteiger partial charge on any atom is 0.135 e. The molecule has 0 saturated carbocycles. The molecular weight excluding hydrogens is 380 g/mol. The summed E-state index contributed by atoms with van der Waals surface area (Å²) in [6.45, 7) is 2.73. The molecule has 1 unspecified atom stereocenters. The minimum atomic E-state index is 0.235. The van der Waals surface area contributed by atoms with Gasteiger partial charge in [0.05, 0.1) is 6.54 Å². The molecule has 0 aliphatic heterocycles. The van der Waals surface area contributed by atoms with Crippen LogP contribution in [0.3, 0.4) is 0 Å². The zero-order valence-corrected chi connectivity index (χ0v) is 17.6. The molecule has 154 valence electrons. The third-order valence-electron chi connectivity index (χ3n) is 5.28. The minimum Gasteiger partial charge on any atom is -0.404 e. The van der Waals surface area contributed by atoms with Gasteiger partial charge in [0, 0.05) is 36.3 Å². The van der Waals surface area contributed by atoms with Crippen molar-refractivity contribution in [1.82, 2.24) is 9.97 Å². The van der Waals surface area contributed by atoms with Gasteiger partial charge >= 0.3 is 0 Å². The Hall–Kier alpha value is -3.79. The van der Waals surface area contributed by atoms with E-state index >= 15 is 0 Å². The summed E-state index contributed by atoms with van der Waals surface area (Å²) in [5, 5.41) is 0. The Morgan fingerprint density at radius 2 is 1.90 bits per heavy atom. The first-order chi connectivity index (χ1) is 15.2. The van der Waals surface area contributed by atoms with Gasteiger partial charge in [-0.2, -0.15) is 0 Å². The van der Waals surface area contributed by atoms with E-state index in [2.05, 4.69) is 58.3 Å². The van der Waals surface area contributed by atoms with Crippen LogP contribution < -0.4 is 5.73 Å². The number of benzene rings is 2. The monoisotopic (exact) mass is 406 g/mol. The lowest BCUT2D eigenvalue weighted by molar-refractivity contribution is 0.773. The maximum atomic E-state index is 5.81. The standard InChI is InChI=1S/C27H26N4/c1-20-14-21(18-29-19-26(17-28)22-6-3-2-4-7-22)16-25(15-20)23-8-10-24(11-9-23)27-30-12-5-13-31-27/h2-10,12-17,19,24H,11,18,28H2,1H3/b26-17+,29-19?. The molecule has 1 aliphatic carbocycles. The zero-order valence-electron chi connectivity index (χ0n) is 17.6. The van der Waals surface area contributed by atoms with Crippen molar-refractivity contribution >= 4 is 17.4 Å². The van der Waals surface area contributed by atoms with Crippen LogP contribution in [0.4, 0.5) is 0 Å². The van der Waals surface area contributed by atoms with E-state index in [1.807, 2.05) is 42.6 Å². The van der Waals surface area contributed by atoms with Crippen LogP contribution in [0.2, 0.25) is 0 Å². The highest BCUT2D eigenvalue weighted by Crippen LogP contribution is 2.29. The fourth-order valence-electron chi connectivity index (χ4n) is 3.74. The van der Waals surface area contributed by atoms with Crippen molar-refractivity contribution in [3.05, 3.63) is 119 Å². The molecule has 0 fully saturated rings. The molecule has 0 bridgehead atoms. The number of rotatable bonds is 6. The molecule has 2 aromatic carbocycles. The maximum absolute atomic E-state index is 5.81. The first-order valence-electron chi connectivity index (χ1n) is 10.5. The molecule has 3 aromatic rings. The molecule has 1 aromatic heterocycles. The summed E-state index contributed by atoms with van der Waals surface area (Å²) in [6.07, 6.45) is 14.6. The zero-order chi connectivity index (χ0) is 21.5. The van der Waals surface area contributed by atoms with Crippen LogP contribution in [0.15, 0.2) is 96.4 Å². The van der Waals surface area contributed by atoms with Crippen molar-refractivity contribution in [1.29, 1.82) is 0 Å². The molecule has 0 radical (unpaired) electrons. The molecule has 1 atom stereocenters. The summed E-state index contributed by atoms with van der Waals surface area (Å²) >= 11 is 0. The number of hydrogen-bond acceptors (Lipinski definition) is 4. The molecule has 0 saturated heterocycles. The van der Waals surface area contributed by atoms with E-state index in [0.29, 0.717) is 6.54 Å². The predicted octanol–water partition coefficient (Wildman–Crippen LogP) is 5.48. The van der Waals surface area contributed by atoms with Crippen LogP contribution in [-0.2, 0) is 6.54 Å². The second-order valence-corrected chi connectivity index (χ2v) is 7.63. The van der Waals surface area contributed by atoms with Crippen LogP contribution in [0.1, 0.15) is 40.4 Å². The average Bonchev–Trinajstić information content (AvgIpc) is 2.83. The van der Waals surface area contributed by atoms with E-state index in [0.717, 1.165) is 23.4 Å². The van der Waals surface area contributed by atoms with Crippen molar-refractivity contribution in [3.63, 3.8) is 0 Å². The smallest absolute Gasteiger partial charge is 0.135 e. The Kier molecular flexibility index (Phi) is 6.48. The van der Waals surface area contributed by atoms with E-state index in [1.165, 1.54) is 22.3 Å². The normalized spacial score (nSPS) is 16.5. The Balaban J connectivity index is 1.47. The van der Waals surface area contributed by atoms with Gasteiger partial charge in [0.15, 0.2) is 0 Å².